The Morgan fingerprint density at radius 1 is 1.40 bits per heavy atom. The summed E-state index contributed by atoms with van der Waals surface area (Å²) in [6.07, 6.45) is 2.29. The predicted molar refractivity (Wildman–Crippen MR) is 72.9 cm³/mol. The van der Waals surface area contributed by atoms with E-state index in [1.54, 1.807) is 22.9 Å². The SMILES string of the molecule is CN1CCN(c2c(F)cccc2/C=C/C(=O)O)CC1=O. The molecule has 1 aliphatic rings. The number of likely N-dealkylation sites (N-methyl/N-ethyl adjacent to an activating group) is 1. The van der Waals surface area contributed by atoms with Crippen molar-refractivity contribution in [2.75, 3.05) is 31.6 Å². The number of carbonyl (C=O) groups is 2. The summed E-state index contributed by atoms with van der Waals surface area (Å²) in [7, 11) is 1.70. The fourth-order valence-electron chi connectivity index (χ4n) is 2.11. The van der Waals surface area contributed by atoms with Gasteiger partial charge in [-0.05, 0) is 12.1 Å². The maximum atomic E-state index is 14.0. The summed E-state index contributed by atoms with van der Waals surface area (Å²) in [5.74, 6) is -1.66. The lowest BCUT2D eigenvalue weighted by Crippen LogP contribution is -2.49. The highest BCUT2D eigenvalue weighted by Gasteiger charge is 2.24. The molecule has 1 aromatic carbocycles. The molecule has 1 aromatic rings. The molecule has 0 saturated carbocycles. The summed E-state index contributed by atoms with van der Waals surface area (Å²) in [4.78, 5) is 25.5. The molecule has 0 bridgehead atoms. The highest BCUT2D eigenvalue weighted by molar-refractivity contribution is 5.88. The van der Waals surface area contributed by atoms with Crippen LogP contribution in [0.25, 0.3) is 6.08 Å². The number of hydrogen-bond donors (Lipinski definition) is 1. The Kier molecular flexibility index (Phi) is 4.02. The Labute approximate surface area is 115 Å². The van der Waals surface area contributed by atoms with Crippen LogP contribution in [-0.2, 0) is 9.59 Å². The number of carbonyl (C=O) groups excluding carboxylic acids is 1. The van der Waals surface area contributed by atoms with E-state index in [0.29, 0.717) is 18.7 Å². The predicted octanol–water partition coefficient (Wildman–Crippen LogP) is 1.20. The van der Waals surface area contributed by atoms with Crippen molar-refractivity contribution in [2.45, 2.75) is 0 Å². The van der Waals surface area contributed by atoms with Gasteiger partial charge >= 0.3 is 5.97 Å². The van der Waals surface area contributed by atoms with Crippen molar-refractivity contribution < 1.29 is 19.1 Å². The third-order valence-electron chi connectivity index (χ3n) is 3.20. The van der Waals surface area contributed by atoms with Crippen molar-refractivity contribution >= 4 is 23.6 Å². The van der Waals surface area contributed by atoms with Crippen LogP contribution in [0.5, 0.6) is 0 Å². The normalized spacial score (nSPS) is 16.0. The van der Waals surface area contributed by atoms with Gasteiger partial charge in [0.25, 0.3) is 0 Å². The van der Waals surface area contributed by atoms with Gasteiger partial charge in [-0.3, -0.25) is 4.79 Å². The van der Waals surface area contributed by atoms with Crippen LogP contribution in [0.4, 0.5) is 10.1 Å². The minimum atomic E-state index is -1.10. The minimum absolute atomic E-state index is 0.0886. The maximum Gasteiger partial charge on any atom is 0.328 e. The fraction of sp³-hybridized carbons (Fsp3) is 0.286. The summed E-state index contributed by atoms with van der Waals surface area (Å²) in [5.41, 5.74) is 0.719. The second kappa shape index (κ2) is 5.73. The van der Waals surface area contributed by atoms with E-state index in [1.807, 2.05) is 0 Å². The number of halogens is 1. The zero-order valence-corrected chi connectivity index (χ0v) is 11.0. The molecule has 0 radical (unpaired) electrons. The standard InChI is InChI=1S/C14H15FN2O3/c1-16-7-8-17(9-12(16)18)14-10(5-6-13(19)20)3-2-4-11(14)15/h2-6H,7-9H2,1H3,(H,19,20)/b6-5+. The molecule has 1 heterocycles. The van der Waals surface area contributed by atoms with Gasteiger partial charge in [0, 0.05) is 31.8 Å². The van der Waals surface area contributed by atoms with Crippen LogP contribution in [0.3, 0.4) is 0 Å². The quantitative estimate of drug-likeness (QED) is 0.844. The van der Waals surface area contributed by atoms with Crippen molar-refractivity contribution in [3.63, 3.8) is 0 Å². The van der Waals surface area contributed by atoms with Gasteiger partial charge in [0.15, 0.2) is 0 Å². The van der Waals surface area contributed by atoms with Crippen LogP contribution in [0, 0.1) is 5.82 Å². The molecule has 1 amide bonds. The Bertz CT molecular complexity index is 572. The number of benzene rings is 1. The van der Waals surface area contributed by atoms with Gasteiger partial charge in [0.1, 0.15) is 5.82 Å². The van der Waals surface area contributed by atoms with E-state index in [9.17, 15) is 14.0 Å². The number of rotatable bonds is 3. The largest absolute Gasteiger partial charge is 0.478 e. The topological polar surface area (TPSA) is 60.9 Å². The van der Waals surface area contributed by atoms with E-state index in [-0.39, 0.29) is 18.1 Å². The molecule has 0 atom stereocenters. The van der Waals surface area contributed by atoms with E-state index in [1.165, 1.54) is 18.2 Å². The first-order valence-corrected chi connectivity index (χ1v) is 6.17. The Balaban J connectivity index is 2.35. The monoisotopic (exact) mass is 278 g/mol. The zero-order chi connectivity index (χ0) is 14.7. The first-order valence-electron chi connectivity index (χ1n) is 6.17. The van der Waals surface area contributed by atoms with Crippen LogP contribution >= 0.6 is 0 Å². The summed E-state index contributed by atoms with van der Waals surface area (Å²) >= 11 is 0. The molecule has 0 spiro atoms. The highest BCUT2D eigenvalue weighted by Crippen LogP contribution is 2.26. The van der Waals surface area contributed by atoms with Crippen LogP contribution in [0.1, 0.15) is 5.56 Å². The van der Waals surface area contributed by atoms with Crippen molar-refractivity contribution in [1.29, 1.82) is 0 Å². The second-order valence-electron chi connectivity index (χ2n) is 4.59. The molecular weight excluding hydrogens is 263 g/mol. The van der Waals surface area contributed by atoms with Gasteiger partial charge in [0.05, 0.1) is 12.2 Å². The highest BCUT2D eigenvalue weighted by atomic mass is 19.1. The first-order chi connectivity index (χ1) is 9.49. The molecule has 1 fully saturated rings. The third-order valence-corrected chi connectivity index (χ3v) is 3.20. The van der Waals surface area contributed by atoms with Crippen LogP contribution in [-0.4, -0.2) is 48.6 Å². The molecule has 1 saturated heterocycles. The molecule has 0 aromatic heterocycles. The molecule has 0 aliphatic carbocycles. The molecular formula is C14H15FN2O3. The molecule has 5 nitrogen and oxygen atoms in total. The summed E-state index contributed by atoms with van der Waals surface area (Å²) in [5, 5.41) is 8.67. The summed E-state index contributed by atoms with van der Waals surface area (Å²) in [6, 6.07) is 4.44. The van der Waals surface area contributed by atoms with Crippen LogP contribution in [0.15, 0.2) is 24.3 Å². The van der Waals surface area contributed by atoms with Gasteiger partial charge in [-0.25, -0.2) is 9.18 Å². The van der Waals surface area contributed by atoms with Crippen LogP contribution in [0.2, 0.25) is 0 Å². The molecule has 106 valence electrons. The van der Waals surface area contributed by atoms with Crippen molar-refractivity contribution in [3.05, 3.63) is 35.7 Å². The van der Waals surface area contributed by atoms with Gasteiger partial charge < -0.3 is 14.9 Å². The first kappa shape index (κ1) is 14.0. The maximum absolute atomic E-state index is 14.0. The van der Waals surface area contributed by atoms with E-state index >= 15 is 0 Å². The van der Waals surface area contributed by atoms with E-state index in [0.717, 1.165) is 6.08 Å². The van der Waals surface area contributed by atoms with E-state index in [4.69, 9.17) is 5.11 Å². The Morgan fingerprint density at radius 2 is 2.15 bits per heavy atom. The van der Waals surface area contributed by atoms with Crippen molar-refractivity contribution in [3.8, 4) is 0 Å². The summed E-state index contributed by atoms with van der Waals surface area (Å²) < 4.78 is 14.0. The summed E-state index contributed by atoms with van der Waals surface area (Å²) in [6.45, 7) is 1.11. The average Bonchev–Trinajstić information content (AvgIpc) is 2.40. The number of aliphatic carboxylic acids is 1. The fourth-order valence-corrected chi connectivity index (χ4v) is 2.11. The number of amides is 1. The number of carboxylic acids is 1. The second-order valence-corrected chi connectivity index (χ2v) is 4.59. The smallest absolute Gasteiger partial charge is 0.328 e. The lowest BCUT2D eigenvalue weighted by molar-refractivity contribution is -0.131. The molecule has 20 heavy (non-hydrogen) atoms. The van der Waals surface area contributed by atoms with Gasteiger partial charge in [0.2, 0.25) is 5.91 Å². The number of nitrogens with zero attached hydrogens (tertiary/aromatic N) is 2. The molecule has 1 N–H and O–H groups in total. The van der Waals surface area contributed by atoms with Gasteiger partial charge in [-0.1, -0.05) is 12.1 Å². The zero-order valence-electron chi connectivity index (χ0n) is 11.0. The van der Waals surface area contributed by atoms with Gasteiger partial charge in [-0.15, -0.1) is 0 Å². The van der Waals surface area contributed by atoms with Crippen molar-refractivity contribution in [2.24, 2.45) is 0 Å². The van der Waals surface area contributed by atoms with Crippen LogP contribution < -0.4 is 4.90 Å². The van der Waals surface area contributed by atoms with E-state index < -0.39 is 11.8 Å². The molecule has 2 rings (SSSR count). The number of carboxylic acid groups (broad SMARTS) is 1. The Hall–Kier alpha value is -2.37. The number of hydrogen-bond acceptors (Lipinski definition) is 3. The lowest BCUT2D eigenvalue weighted by Gasteiger charge is -2.34. The van der Waals surface area contributed by atoms with Crippen molar-refractivity contribution in [1.82, 2.24) is 4.90 Å². The molecule has 0 unspecified atom stereocenters. The lowest BCUT2D eigenvalue weighted by atomic mass is 10.1. The molecule has 6 heteroatoms. The Morgan fingerprint density at radius 3 is 2.80 bits per heavy atom. The number of para-hydroxylation sites is 1. The average molecular weight is 278 g/mol. The number of anilines is 1. The third kappa shape index (κ3) is 2.96. The van der Waals surface area contributed by atoms with Gasteiger partial charge in [-0.2, -0.15) is 0 Å². The molecule has 1 aliphatic heterocycles. The van der Waals surface area contributed by atoms with E-state index in [2.05, 4.69) is 0 Å². The minimum Gasteiger partial charge on any atom is -0.478 e. The number of piperazine rings is 1.